The number of pyridine rings is 1. The van der Waals surface area contributed by atoms with Crippen molar-refractivity contribution in [2.45, 2.75) is 38.2 Å². The van der Waals surface area contributed by atoms with Crippen LogP contribution in [-0.4, -0.2) is 51.6 Å². The number of nitrogens with zero attached hydrogens (tertiary/aromatic N) is 4. The summed E-state index contributed by atoms with van der Waals surface area (Å²) < 4.78 is 48.5. The van der Waals surface area contributed by atoms with Gasteiger partial charge in [-0.3, -0.25) is 4.79 Å². The first kappa shape index (κ1) is 19.1. The van der Waals surface area contributed by atoms with E-state index in [0.717, 1.165) is 5.82 Å². The summed E-state index contributed by atoms with van der Waals surface area (Å²) in [6, 6.07) is 2.59. The fraction of sp³-hybridized carbons (Fsp3) is 0.500. The Hall–Kier alpha value is -2.69. The van der Waals surface area contributed by atoms with Gasteiger partial charge >= 0.3 is 6.18 Å². The molecule has 1 aliphatic heterocycles. The van der Waals surface area contributed by atoms with Gasteiger partial charge in [0.15, 0.2) is 12.4 Å². The number of carbonyl (C=O) groups is 1. The van der Waals surface area contributed by atoms with E-state index in [0.29, 0.717) is 31.8 Å². The van der Waals surface area contributed by atoms with Gasteiger partial charge in [0.1, 0.15) is 18.0 Å². The number of hydrogen-bond acceptors (Lipinski definition) is 6. The Morgan fingerprint density at radius 3 is 3.00 bits per heavy atom. The second-order valence-electron chi connectivity index (χ2n) is 6.03. The molecule has 1 N–H and O–H groups in total. The lowest BCUT2D eigenvalue weighted by Crippen LogP contribution is -2.41. The Morgan fingerprint density at radius 1 is 1.44 bits per heavy atom. The number of aromatic nitrogens is 4. The lowest BCUT2D eigenvalue weighted by atomic mass is 10.1. The van der Waals surface area contributed by atoms with Gasteiger partial charge in [-0.25, -0.2) is 14.6 Å². The largest absolute Gasteiger partial charge is 0.467 e. The molecule has 1 amide bonds. The van der Waals surface area contributed by atoms with Crippen LogP contribution in [0.2, 0.25) is 0 Å². The summed E-state index contributed by atoms with van der Waals surface area (Å²) in [6.07, 6.45) is -2.00. The third-order valence-electron chi connectivity index (χ3n) is 3.90. The third-order valence-corrected chi connectivity index (χ3v) is 3.90. The molecule has 1 aliphatic rings. The molecule has 27 heavy (non-hydrogen) atoms. The summed E-state index contributed by atoms with van der Waals surface area (Å²) in [5.41, 5.74) is -0.0498. The molecular formula is C16H18F3N5O3. The number of amides is 1. The van der Waals surface area contributed by atoms with Crippen LogP contribution >= 0.6 is 0 Å². The Balaban J connectivity index is 1.65. The average Bonchev–Trinajstić information content (AvgIpc) is 3.01. The first-order valence-corrected chi connectivity index (χ1v) is 8.22. The van der Waals surface area contributed by atoms with E-state index in [1.807, 2.05) is 0 Å². The molecule has 2 aromatic heterocycles. The summed E-state index contributed by atoms with van der Waals surface area (Å²) >= 11 is 0. The van der Waals surface area contributed by atoms with Crippen molar-refractivity contribution in [2.75, 3.05) is 13.7 Å². The maximum atomic E-state index is 12.5. The number of ether oxygens (including phenoxy) is 2. The molecule has 0 aromatic carbocycles. The van der Waals surface area contributed by atoms with E-state index < -0.39 is 18.7 Å². The minimum Gasteiger partial charge on any atom is -0.467 e. The maximum Gasteiger partial charge on any atom is 0.422 e. The lowest BCUT2D eigenvalue weighted by Gasteiger charge is -2.23. The van der Waals surface area contributed by atoms with Gasteiger partial charge < -0.3 is 14.8 Å². The maximum absolute atomic E-state index is 12.5. The number of rotatable bonds is 6. The highest BCUT2D eigenvalue weighted by Crippen LogP contribution is 2.21. The van der Waals surface area contributed by atoms with Crippen LogP contribution in [0, 0.1) is 0 Å². The monoisotopic (exact) mass is 385 g/mol. The van der Waals surface area contributed by atoms with E-state index in [2.05, 4.69) is 25.1 Å². The molecule has 1 atom stereocenters. The van der Waals surface area contributed by atoms with Gasteiger partial charge in [0.25, 0.3) is 5.91 Å². The molecule has 11 heteroatoms. The SMILES string of the molecule is COCc1nc2n(n1)CC(NC(=O)c1cccnc1OCC(F)(F)F)CC2. The smallest absolute Gasteiger partial charge is 0.422 e. The molecule has 0 aliphatic carbocycles. The van der Waals surface area contributed by atoms with Gasteiger partial charge in [-0.05, 0) is 18.6 Å². The van der Waals surface area contributed by atoms with Gasteiger partial charge in [0.2, 0.25) is 5.88 Å². The number of halogens is 3. The van der Waals surface area contributed by atoms with Crippen LogP contribution in [0.4, 0.5) is 13.2 Å². The zero-order chi connectivity index (χ0) is 19.4. The first-order valence-electron chi connectivity index (χ1n) is 8.22. The van der Waals surface area contributed by atoms with Crippen molar-refractivity contribution in [3.63, 3.8) is 0 Å². The Kier molecular flexibility index (Phi) is 5.59. The summed E-state index contributed by atoms with van der Waals surface area (Å²) in [4.78, 5) is 20.6. The highest BCUT2D eigenvalue weighted by atomic mass is 19.4. The number of fused-ring (bicyclic) bond motifs is 1. The minimum absolute atomic E-state index is 0.0498. The molecule has 0 radical (unpaired) electrons. The van der Waals surface area contributed by atoms with Crippen LogP contribution in [0.5, 0.6) is 5.88 Å². The molecule has 0 bridgehead atoms. The zero-order valence-electron chi connectivity index (χ0n) is 14.5. The summed E-state index contributed by atoms with van der Waals surface area (Å²) in [6.45, 7) is -0.804. The molecular weight excluding hydrogens is 367 g/mol. The lowest BCUT2D eigenvalue weighted by molar-refractivity contribution is -0.154. The van der Waals surface area contributed by atoms with Gasteiger partial charge in [0.05, 0.1) is 6.54 Å². The number of aryl methyl sites for hydroxylation is 1. The topological polar surface area (TPSA) is 91.2 Å². The molecule has 146 valence electrons. The average molecular weight is 385 g/mol. The molecule has 0 fully saturated rings. The molecule has 2 aromatic rings. The standard InChI is InChI=1S/C16H18F3N5O3/c1-26-8-12-22-13-5-4-10(7-24(13)23-12)21-14(25)11-3-2-6-20-15(11)27-9-16(17,18)19/h2-3,6,10H,4-5,7-9H2,1H3,(H,21,25). The van der Waals surface area contributed by atoms with Crippen LogP contribution in [0.25, 0.3) is 0 Å². The zero-order valence-corrected chi connectivity index (χ0v) is 14.5. The molecule has 3 heterocycles. The summed E-state index contributed by atoms with van der Waals surface area (Å²) in [7, 11) is 1.55. The van der Waals surface area contributed by atoms with Gasteiger partial charge in [-0.15, -0.1) is 0 Å². The van der Waals surface area contributed by atoms with Crippen molar-refractivity contribution < 1.29 is 27.4 Å². The fourth-order valence-corrected chi connectivity index (χ4v) is 2.76. The molecule has 0 saturated carbocycles. The van der Waals surface area contributed by atoms with Crippen molar-refractivity contribution in [3.05, 3.63) is 35.5 Å². The predicted octanol–water partition coefficient (Wildman–Crippen LogP) is 1.51. The Morgan fingerprint density at radius 2 is 2.26 bits per heavy atom. The summed E-state index contributed by atoms with van der Waals surface area (Å²) in [5, 5.41) is 7.11. The highest BCUT2D eigenvalue weighted by molar-refractivity contribution is 5.96. The Bertz CT molecular complexity index is 809. The highest BCUT2D eigenvalue weighted by Gasteiger charge is 2.30. The summed E-state index contributed by atoms with van der Waals surface area (Å²) in [5.74, 6) is 0.468. The van der Waals surface area contributed by atoms with Crippen LogP contribution < -0.4 is 10.1 Å². The van der Waals surface area contributed by atoms with E-state index >= 15 is 0 Å². The quantitative estimate of drug-likeness (QED) is 0.811. The van der Waals surface area contributed by atoms with Crippen LogP contribution in [0.3, 0.4) is 0 Å². The molecule has 1 unspecified atom stereocenters. The molecule has 0 spiro atoms. The van der Waals surface area contributed by atoms with Crippen molar-refractivity contribution in [1.29, 1.82) is 0 Å². The van der Waals surface area contributed by atoms with Crippen LogP contribution in [0.1, 0.15) is 28.4 Å². The van der Waals surface area contributed by atoms with E-state index in [9.17, 15) is 18.0 Å². The second-order valence-corrected chi connectivity index (χ2v) is 6.03. The second kappa shape index (κ2) is 7.91. The number of alkyl halides is 3. The van der Waals surface area contributed by atoms with E-state index in [1.54, 1.807) is 11.8 Å². The normalized spacial score (nSPS) is 16.7. The van der Waals surface area contributed by atoms with Crippen molar-refractivity contribution >= 4 is 5.91 Å². The Labute approximate surface area is 152 Å². The van der Waals surface area contributed by atoms with Crippen LogP contribution in [-0.2, 0) is 24.3 Å². The molecule has 3 rings (SSSR count). The number of nitrogens with one attached hydrogen (secondary N) is 1. The number of hydrogen-bond donors (Lipinski definition) is 1. The van der Waals surface area contributed by atoms with Gasteiger partial charge in [-0.1, -0.05) is 0 Å². The van der Waals surface area contributed by atoms with Crippen molar-refractivity contribution in [2.24, 2.45) is 0 Å². The van der Waals surface area contributed by atoms with Crippen LogP contribution in [0.15, 0.2) is 18.3 Å². The van der Waals surface area contributed by atoms with E-state index in [-0.39, 0.29) is 17.5 Å². The predicted molar refractivity (Wildman–Crippen MR) is 86.1 cm³/mol. The minimum atomic E-state index is -4.52. The van der Waals surface area contributed by atoms with Gasteiger partial charge in [-0.2, -0.15) is 18.3 Å². The first-order chi connectivity index (χ1) is 12.9. The van der Waals surface area contributed by atoms with Gasteiger partial charge in [0, 0.05) is 25.8 Å². The third kappa shape index (κ3) is 4.94. The van der Waals surface area contributed by atoms with Crippen molar-refractivity contribution in [1.82, 2.24) is 25.1 Å². The number of methoxy groups -OCH3 is 1. The fourth-order valence-electron chi connectivity index (χ4n) is 2.76. The molecule has 8 nitrogen and oxygen atoms in total. The van der Waals surface area contributed by atoms with E-state index in [4.69, 9.17) is 4.74 Å². The number of carbonyl (C=O) groups excluding carboxylic acids is 1. The van der Waals surface area contributed by atoms with Crippen molar-refractivity contribution in [3.8, 4) is 5.88 Å². The molecule has 0 saturated heterocycles. The van der Waals surface area contributed by atoms with E-state index in [1.165, 1.54) is 18.3 Å².